The van der Waals surface area contributed by atoms with Gasteiger partial charge in [0.05, 0.1) is 0 Å². The summed E-state index contributed by atoms with van der Waals surface area (Å²) in [6.07, 6.45) is 1.34. The van der Waals surface area contributed by atoms with Crippen molar-refractivity contribution < 1.29 is 14.4 Å². The Kier molecular flexibility index (Phi) is 3.22. The lowest BCUT2D eigenvalue weighted by atomic mass is 9.90. The summed E-state index contributed by atoms with van der Waals surface area (Å²) in [4.78, 5) is 0. The smallest absolute Gasteiger partial charge is 0.424 e. The number of benzene rings is 1. The number of rotatable bonds is 2. The quantitative estimate of drug-likeness (QED) is 0.670. The van der Waals surface area contributed by atoms with Crippen molar-refractivity contribution in [1.82, 2.24) is 0 Å². The van der Waals surface area contributed by atoms with Crippen molar-refractivity contribution in [3.63, 3.8) is 0 Å². The van der Waals surface area contributed by atoms with Crippen molar-refractivity contribution in [2.24, 2.45) is 0 Å². The molecule has 2 N–H and O–H groups in total. The van der Waals surface area contributed by atoms with Gasteiger partial charge in [0, 0.05) is 5.56 Å². The molecule has 1 rings (SSSR count). The predicted molar refractivity (Wildman–Crippen MR) is 50.4 cm³/mol. The maximum absolute atomic E-state index is 13.2. The summed E-state index contributed by atoms with van der Waals surface area (Å²) < 4.78 is 13.2. The fourth-order valence-electron chi connectivity index (χ4n) is 0.989. The normalized spacial score (nSPS) is 10.8. The molecule has 0 saturated heterocycles. The third kappa shape index (κ3) is 2.68. The lowest BCUT2D eigenvalue weighted by molar-refractivity contribution is 0.424. The van der Waals surface area contributed by atoms with E-state index in [9.17, 15) is 4.39 Å². The minimum absolute atomic E-state index is 0.334. The van der Waals surface area contributed by atoms with E-state index in [2.05, 4.69) is 0 Å². The summed E-state index contributed by atoms with van der Waals surface area (Å²) >= 11 is 0. The minimum atomic E-state index is -1.54. The van der Waals surface area contributed by atoms with Gasteiger partial charge in [0.1, 0.15) is 5.82 Å². The summed E-state index contributed by atoms with van der Waals surface area (Å²) in [7, 11) is -1.54. The largest absolute Gasteiger partial charge is 0.480 e. The van der Waals surface area contributed by atoms with E-state index in [1.807, 2.05) is 0 Å². The second-order valence-electron chi connectivity index (χ2n) is 2.75. The van der Waals surface area contributed by atoms with Gasteiger partial charge < -0.3 is 10.0 Å². The first-order valence-corrected chi connectivity index (χ1v) is 3.90. The zero-order chi connectivity index (χ0) is 9.84. The molecule has 13 heavy (non-hydrogen) atoms. The zero-order valence-electron chi connectivity index (χ0n) is 7.24. The Bertz CT molecular complexity index is 323. The Hall–Kier alpha value is -1.13. The van der Waals surface area contributed by atoms with Crippen molar-refractivity contribution in [2.45, 2.75) is 6.92 Å². The van der Waals surface area contributed by atoms with Crippen LogP contribution in [0.15, 0.2) is 24.2 Å². The van der Waals surface area contributed by atoms with E-state index in [-0.39, 0.29) is 5.82 Å². The Labute approximate surface area is 76.5 Å². The first-order chi connectivity index (χ1) is 6.11. The van der Waals surface area contributed by atoms with E-state index in [0.29, 0.717) is 11.1 Å². The summed E-state index contributed by atoms with van der Waals surface area (Å²) in [6, 6.07) is 4.94. The Morgan fingerprint density at radius 3 is 2.69 bits per heavy atom. The SMILES string of the molecule is Cc1cccc(/C=C/B(O)O)c1F. The van der Waals surface area contributed by atoms with Gasteiger partial charge in [-0.05, 0) is 12.5 Å². The molecular weight excluding hydrogens is 170 g/mol. The molecule has 2 nitrogen and oxygen atoms in total. The molecule has 0 aliphatic carbocycles. The van der Waals surface area contributed by atoms with Crippen LogP contribution in [0.5, 0.6) is 0 Å². The molecule has 0 atom stereocenters. The molecule has 0 aromatic heterocycles. The number of halogens is 1. The van der Waals surface area contributed by atoms with Gasteiger partial charge in [0.25, 0.3) is 0 Å². The molecule has 1 aromatic rings. The molecule has 0 aliphatic heterocycles. The van der Waals surface area contributed by atoms with Gasteiger partial charge >= 0.3 is 7.12 Å². The van der Waals surface area contributed by atoms with Crippen LogP contribution < -0.4 is 0 Å². The fourth-order valence-corrected chi connectivity index (χ4v) is 0.989. The lowest BCUT2D eigenvalue weighted by Crippen LogP contribution is -2.05. The summed E-state index contributed by atoms with van der Waals surface area (Å²) in [5.74, 6) is 0.775. The highest BCUT2D eigenvalue weighted by atomic mass is 19.1. The summed E-state index contributed by atoms with van der Waals surface area (Å²) in [5, 5.41) is 17.0. The van der Waals surface area contributed by atoms with Crippen LogP contribution in [0.2, 0.25) is 0 Å². The van der Waals surface area contributed by atoms with E-state index in [1.54, 1.807) is 25.1 Å². The molecule has 0 unspecified atom stereocenters. The molecule has 0 radical (unpaired) electrons. The first-order valence-electron chi connectivity index (χ1n) is 3.90. The molecule has 0 bridgehead atoms. The first kappa shape index (κ1) is 9.96. The van der Waals surface area contributed by atoms with Crippen LogP contribution in [0.1, 0.15) is 11.1 Å². The zero-order valence-corrected chi connectivity index (χ0v) is 7.24. The lowest BCUT2D eigenvalue weighted by Gasteiger charge is -1.99. The molecule has 0 spiro atoms. The Balaban J connectivity index is 2.95. The van der Waals surface area contributed by atoms with E-state index < -0.39 is 7.12 Å². The predicted octanol–water partition coefficient (Wildman–Crippen LogP) is 1.16. The fraction of sp³-hybridized carbons (Fsp3) is 0.111. The molecule has 0 saturated carbocycles. The number of hydrogen-bond donors (Lipinski definition) is 2. The number of hydrogen-bond acceptors (Lipinski definition) is 2. The summed E-state index contributed by atoms with van der Waals surface area (Å²) in [6.45, 7) is 1.65. The molecule has 1 aromatic carbocycles. The topological polar surface area (TPSA) is 40.5 Å². The number of aryl methyl sites for hydroxylation is 1. The second kappa shape index (κ2) is 4.21. The van der Waals surface area contributed by atoms with Crippen molar-refractivity contribution in [3.8, 4) is 0 Å². The van der Waals surface area contributed by atoms with Crippen LogP contribution in [-0.4, -0.2) is 17.2 Å². The Morgan fingerprint density at radius 2 is 2.08 bits per heavy atom. The highest BCUT2D eigenvalue weighted by Gasteiger charge is 2.03. The van der Waals surface area contributed by atoms with Crippen molar-refractivity contribution in [2.75, 3.05) is 0 Å². The standard InChI is InChI=1S/C9H10BFO2/c1-7-3-2-4-8(9(7)11)5-6-10(12)13/h2-6,12-13H,1H3/b6-5+. The molecule has 0 aliphatic rings. The van der Waals surface area contributed by atoms with E-state index in [0.717, 1.165) is 5.98 Å². The van der Waals surface area contributed by atoms with Crippen LogP contribution in [0.25, 0.3) is 6.08 Å². The van der Waals surface area contributed by atoms with Gasteiger partial charge in [-0.1, -0.05) is 30.3 Å². The molecule has 0 amide bonds. The van der Waals surface area contributed by atoms with E-state index >= 15 is 0 Å². The van der Waals surface area contributed by atoms with Crippen LogP contribution in [-0.2, 0) is 0 Å². The molecule has 68 valence electrons. The van der Waals surface area contributed by atoms with Crippen molar-refractivity contribution in [1.29, 1.82) is 0 Å². The molecule has 0 heterocycles. The van der Waals surface area contributed by atoms with E-state index in [1.165, 1.54) is 6.08 Å². The molecule has 4 heteroatoms. The van der Waals surface area contributed by atoms with E-state index in [4.69, 9.17) is 10.0 Å². The van der Waals surface area contributed by atoms with Crippen molar-refractivity contribution >= 4 is 13.2 Å². The van der Waals surface area contributed by atoms with Crippen LogP contribution in [0.4, 0.5) is 4.39 Å². The van der Waals surface area contributed by atoms with Gasteiger partial charge in [0.15, 0.2) is 0 Å². The average Bonchev–Trinajstić information content (AvgIpc) is 2.07. The third-order valence-corrected chi connectivity index (χ3v) is 1.67. The molecular formula is C9H10BFO2. The minimum Gasteiger partial charge on any atom is -0.424 e. The third-order valence-electron chi connectivity index (χ3n) is 1.67. The highest BCUT2D eigenvalue weighted by molar-refractivity contribution is 6.48. The maximum atomic E-state index is 13.2. The summed E-state index contributed by atoms with van der Waals surface area (Å²) in [5.41, 5.74) is 0.891. The van der Waals surface area contributed by atoms with Crippen LogP contribution in [0, 0.1) is 12.7 Å². The monoisotopic (exact) mass is 180 g/mol. The van der Waals surface area contributed by atoms with Gasteiger partial charge in [-0.25, -0.2) is 4.39 Å². The Morgan fingerprint density at radius 1 is 1.38 bits per heavy atom. The molecule has 0 fully saturated rings. The highest BCUT2D eigenvalue weighted by Crippen LogP contribution is 2.13. The van der Waals surface area contributed by atoms with Gasteiger partial charge in [0.2, 0.25) is 0 Å². The van der Waals surface area contributed by atoms with Crippen LogP contribution >= 0.6 is 0 Å². The van der Waals surface area contributed by atoms with Gasteiger partial charge in [-0.3, -0.25) is 0 Å². The van der Waals surface area contributed by atoms with Gasteiger partial charge in [-0.15, -0.1) is 0 Å². The van der Waals surface area contributed by atoms with Gasteiger partial charge in [-0.2, -0.15) is 0 Å². The second-order valence-corrected chi connectivity index (χ2v) is 2.75. The van der Waals surface area contributed by atoms with Crippen LogP contribution in [0.3, 0.4) is 0 Å². The van der Waals surface area contributed by atoms with Crippen molar-refractivity contribution in [3.05, 3.63) is 41.1 Å². The average molecular weight is 180 g/mol. The maximum Gasteiger partial charge on any atom is 0.480 e.